The molecule has 2 amide bonds. The second-order valence-electron chi connectivity index (χ2n) is 5.21. The normalized spacial score (nSPS) is 11.4. The summed E-state index contributed by atoms with van der Waals surface area (Å²) >= 11 is 0. The lowest BCUT2D eigenvalue weighted by molar-refractivity contribution is -0.118. The largest absolute Gasteiger partial charge is 0.376 e. The van der Waals surface area contributed by atoms with E-state index < -0.39 is 0 Å². The van der Waals surface area contributed by atoms with E-state index in [1.54, 1.807) is 31.3 Å². The van der Waals surface area contributed by atoms with Gasteiger partial charge in [0, 0.05) is 18.3 Å². The van der Waals surface area contributed by atoms with E-state index in [0.717, 1.165) is 11.3 Å². The Hall–Kier alpha value is -2.82. The van der Waals surface area contributed by atoms with E-state index in [2.05, 4.69) is 16.0 Å². The Bertz CT molecular complexity index is 654. The predicted octanol–water partition coefficient (Wildman–Crippen LogP) is 2.34. The summed E-state index contributed by atoms with van der Waals surface area (Å²) in [5.74, 6) is -0.220. The topological polar surface area (TPSA) is 70.2 Å². The lowest BCUT2D eigenvalue weighted by Gasteiger charge is -2.14. The molecule has 23 heavy (non-hydrogen) atoms. The van der Waals surface area contributed by atoms with Crippen molar-refractivity contribution in [3.05, 3.63) is 65.7 Å². The molecule has 0 fully saturated rings. The van der Waals surface area contributed by atoms with Crippen LogP contribution < -0.4 is 16.0 Å². The lowest BCUT2D eigenvalue weighted by Crippen LogP contribution is -2.27. The summed E-state index contributed by atoms with van der Waals surface area (Å²) in [7, 11) is 1.59. The van der Waals surface area contributed by atoms with E-state index in [1.165, 1.54) is 0 Å². The molecule has 0 aromatic heterocycles. The van der Waals surface area contributed by atoms with Crippen LogP contribution in [0, 0.1) is 0 Å². The molecule has 1 atom stereocenters. The number of anilines is 1. The molecule has 0 aliphatic heterocycles. The zero-order chi connectivity index (χ0) is 16.7. The number of carbonyl (C=O) groups excluding carboxylic acids is 2. The highest BCUT2D eigenvalue weighted by molar-refractivity contribution is 5.94. The van der Waals surface area contributed by atoms with Gasteiger partial charge in [-0.25, -0.2) is 0 Å². The fourth-order valence-electron chi connectivity index (χ4n) is 2.12. The molecule has 2 aromatic rings. The standard InChI is InChI=1S/C18H21N3O2/c1-13(14-6-4-3-5-7-14)21-18(23)15-8-10-16(11-9-15)20-12-17(22)19-2/h3-11,13,20H,12H2,1-2H3,(H,19,22)(H,21,23). The van der Waals surface area contributed by atoms with Crippen molar-refractivity contribution in [3.8, 4) is 0 Å². The number of benzene rings is 2. The fraction of sp³-hybridized carbons (Fsp3) is 0.222. The Balaban J connectivity index is 1.93. The molecule has 0 saturated heterocycles. The van der Waals surface area contributed by atoms with E-state index in [9.17, 15) is 9.59 Å². The van der Waals surface area contributed by atoms with Crippen molar-refractivity contribution in [1.29, 1.82) is 0 Å². The smallest absolute Gasteiger partial charge is 0.251 e. The molecule has 0 radical (unpaired) electrons. The van der Waals surface area contributed by atoms with Crippen LogP contribution in [0.4, 0.5) is 5.69 Å². The van der Waals surface area contributed by atoms with Gasteiger partial charge in [0.2, 0.25) is 5.91 Å². The SMILES string of the molecule is CNC(=O)CNc1ccc(C(=O)NC(C)c2ccccc2)cc1. The summed E-state index contributed by atoms with van der Waals surface area (Å²) in [4.78, 5) is 23.4. The molecule has 0 heterocycles. The molecule has 0 saturated carbocycles. The molecule has 2 rings (SSSR count). The maximum atomic E-state index is 12.3. The molecule has 1 unspecified atom stereocenters. The minimum atomic E-state index is -0.126. The van der Waals surface area contributed by atoms with Crippen molar-refractivity contribution < 1.29 is 9.59 Å². The first-order valence-electron chi connectivity index (χ1n) is 7.50. The summed E-state index contributed by atoms with van der Waals surface area (Å²) < 4.78 is 0. The van der Waals surface area contributed by atoms with Gasteiger partial charge < -0.3 is 16.0 Å². The molecule has 0 spiro atoms. The Morgan fingerprint density at radius 1 is 1.00 bits per heavy atom. The van der Waals surface area contributed by atoms with E-state index in [4.69, 9.17) is 0 Å². The zero-order valence-electron chi connectivity index (χ0n) is 13.3. The maximum absolute atomic E-state index is 12.3. The van der Waals surface area contributed by atoms with Gasteiger partial charge in [0.15, 0.2) is 0 Å². The van der Waals surface area contributed by atoms with Crippen LogP contribution in [-0.2, 0) is 4.79 Å². The molecule has 2 aromatic carbocycles. The van der Waals surface area contributed by atoms with Gasteiger partial charge in [0.05, 0.1) is 12.6 Å². The number of amides is 2. The highest BCUT2D eigenvalue weighted by Gasteiger charge is 2.11. The molecular weight excluding hydrogens is 290 g/mol. The van der Waals surface area contributed by atoms with Crippen LogP contribution >= 0.6 is 0 Å². The third-order valence-electron chi connectivity index (χ3n) is 3.53. The van der Waals surface area contributed by atoms with E-state index in [1.807, 2.05) is 37.3 Å². The van der Waals surface area contributed by atoms with Crippen LogP contribution in [0.5, 0.6) is 0 Å². The first kappa shape index (κ1) is 16.5. The Kier molecular flexibility index (Phi) is 5.74. The summed E-state index contributed by atoms with van der Waals surface area (Å²) in [5.41, 5.74) is 2.43. The molecule has 5 heteroatoms. The molecule has 5 nitrogen and oxygen atoms in total. The van der Waals surface area contributed by atoms with Crippen molar-refractivity contribution in [2.75, 3.05) is 18.9 Å². The Morgan fingerprint density at radius 2 is 1.65 bits per heavy atom. The predicted molar refractivity (Wildman–Crippen MR) is 91.3 cm³/mol. The van der Waals surface area contributed by atoms with Gasteiger partial charge in [-0.1, -0.05) is 30.3 Å². The summed E-state index contributed by atoms with van der Waals surface area (Å²) in [5, 5.41) is 8.49. The molecule has 120 valence electrons. The second kappa shape index (κ2) is 7.98. The van der Waals surface area contributed by atoms with Gasteiger partial charge in [-0.2, -0.15) is 0 Å². The fourth-order valence-corrected chi connectivity index (χ4v) is 2.12. The molecule has 0 aliphatic rings. The second-order valence-corrected chi connectivity index (χ2v) is 5.21. The van der Waals surface area contributed by atoms with Crippen molar-refractivity contribution in [1.82, 2.24) is 10.6 Å². The summed E-state index contributed by atoms with van der Waals surface area (Å²) in [6, 6.07) is 16.8. The average Bonchev–Trinajstić information content (AvgIpc) is 2.60. The third-order valence-corrected chi connectivity index (χ3v) is 3.53. The quantitative estimate of drug-likeness (QED) is 0.767. The number of likely N-dealkylation sites (N-methyl/N-ethyl adjacent to an activating group) is 1. The monoisotopic (exact) mass is 311 g/mol. The minimum Gasteiger partial charge on any atom is -0.376 e. The van der Waals surface area contributed by atoms with E-state index in [0.29, 0.717) is 5.56 Å². The number of carbonyl (C=O) groups is 2. The van der Waals surface area contributed by atoms with Crippen LogP contribution in [0.25, 0.3) is 0 Å². The Labute approximate surface area is 136 Å². The summed E-state index contributed by atoms with van der Waals surface area (Å²) in [6.07, 6.45) is 0. The van der Waals surface area contributed by atoms with Gasteiger partial charge in [-0.3, -0.25) is 9.59 Å². The van der Waals surface area contributed by atoms with E-state index >= 15 is 0 Å². The maximum Gasteiger partial charge on any atom is 0.251 e. The molecule has 0 aliphatic carbocycles. The molecule has 0 bridgehead atoms. The van der Waals surface area contributed by atoms with Crippen molar-refractivity contribution >= 4 is 17.5 Å². The summed E-state index contributed by atoms with van der Waals surface area (Å²) in [6.45, 7) is 2.15. The molecular formula is C18H21N3O2. The minimum absolute atomic E-state index is 0.0604. The number of rotatable bonds is 6. The van der Waals surface area contributed by atoms with Crippen LogP contribution in [0.3, 0.4) is 0 Å². The number of hydrogen-bond donors (Lipinski definition) is 3. The van der Waals surface area contributed by atoms with Gasteiger partial charge in [0.25, 0.3) is 5.91 Å². The van der Waals surface area contributed by atoms with Crippen LogP contribution in [0.2, 0.25) is 0 Å². The van der Waals surface area contributed by atoms with Crippen LogP contribution in [0.1, 0.15) is 28.9 Å². The van der Waals surface area contributed by atoms with Gasteiger partial charge >= 0.3 is 0 Å². The number of nitrogens with one attached hydrogen (secondary N) is 3. The molecule has 3 N–H and O–H groups in total. The number of hydrogen-bond acceptors (Lipinski definition) is 3. The van der Waals surface area contributed by atoms with Gasteiger partial charge in [-0.05, 0) is 36.8 Å². The van der Waals surface area contributed by atoms with E-state index in [-0.39, 0.29) is 24.4 Å². The first-order chi connectivity index (χ1) is 11.1. The zero-order valence-corrected chi connectivity index (χ0v) is 13.3. The van der Waals surface area contributed by atoms with Crippen molar-refractivity contribution in [2.45, 2.75) is 13.0 Å². The van der Waals surface area contributed by atoms with Gasteiger partial charge in [0.1, 0.15) is 0 Å². The van der Waals surface area contributed by atoms with Crippen molar-refractivity contribution in [3.63, 3.8) is 0 Å². The van der Waals surface area contributed by atoms with Crippen LogP contribution in [-0.4, -0.2) is 25.4 Å². The highest BCUT2D eigenvalue weighted by atomic mass is 16.2. The van der Waals surface area contributed by atoms with Gasteiger partial charge in [-0.15, -0.1) is 0 Å². The third kappa shape index (κ3) is 4.85. The van der Waals surface area contributed by atoms with Crippen molar-refractivity contribution in [2.24, 2.45) is 0 Å². The highest BCUT2D eigenvalue weighted by Crippen LogP contribution is 2.14. The Morgan fingerprint density at radius 3 is 2.26 bits per heavy atom. The average molecular weight is 311 g/mol. The first-order valence-corrected chi connectivity index (χ1v) is 7.50. The lowest BCUT2D eigenvalue weighted by atomic mass is 10.1. The van der Waals surface area contributed by atoms with Crippen LogP contribution in [0.15, 0.2) is 54.6 Å².